The van der Waals surface area contributed by atoms with Crippen LogP contribution in [0.15, 0.2) is 182 Å². The molecule has 11 rings (SSSR count). The second-order valence-electron chi connectivity index (χ2n) is 13.6. The van der Waals surface area contributed by atoms with Crippen molar-refractivity contribution in [1.29, 1.82) is 0 Å². The van der Waals surface area contributed by atoms with E-state index in [2.05, 4.69) is 150 Å². The molecule has 0 amide bonds. The lowest BCUT2D eigenvalue weighted by Crippen LogP contribution is -2.00. The Morgan fingerprint density at radius 3 is 1.56 bits per heavy atom. The van der Waals surface area contributed by atoms with Crippen molar-refractivity contribution in [3.8, 4) is 51.0 Å². The highest BCUT2D eigenvalue weighted by atomic mass is 32.1. The van der Waals surface area contributed by atoms with Crippen LogP contribution in [0.2, 0.25) is 0 Å². The molecule has 0 unspecified atom stereocenters. The second kappa shape index (κ2) is 12.3. The molecule has 0 aliphatic carbocycles. The summed E-state index contributed by atoms with van der Waals surface area (Å²) in [4.78, 5) is 15.2. The minimum atomic E-state index is 0.657. The molecule has 8 aromatic carbocycles. The van der Waals surface area contributed by atoms with Crippen LogP contribution < -0.4 is 0 Å². The monoisotopic (exact) mass is 706 g/mol. The van der Waals surface area contributed by atoms with Gasteiger partial charge in [-0.15, -0.1) is 11.3 Å². The molecule has 54 heavy (non-hydrogen) atoms. The molecule has 0 radical (unpaired) electrons. The maximum atomic E-state index is 5.12. The molecule has 0 N–H and O–H groups in total. The quantitative estimate of drug-likeness (QED) is 0.179. The molecule has 0 saturated heterocycles. The SMILES string of the molecule is c1ccc(-c2nc(-c3ccccc3)nc(-c3cccc4c3sc3c(-n5c6ccccc6c6c7ccccc7c(-c7ccccc7)cc65)cccc34)n2)cc1. The summed E-state index contributed by atoms with van der Waals surface area (Å²) in [5, 5.41) is 7.43. The molecule has 252 valence electrons. The van der Waals surface area contributed by atoms with Crippen LogP contribution in [0.1, 0.15) is 0 Å². The largest absolute Gasteiger partial charge is 0.308 e. The summed E-state index contributed by atoms with van der Waals surface area (Å²) >= 11 is 1.81. The van der Waals surface area contributed by atoms with Gasteiger partial charge in [0, 0.05) is 42.9 Å². The van der Waals surface area contributed by atoms with E-state index < -0.39 is 0 Å². The van der Waals surface area contributed by atoms with Gasteiger partial charge in [0.2, 0.25) is 0 Å². The van der Waals surface area contributed by atoms with Gasteiger partial charge in [-0.25, -0.2) is 15.0 Å². The molecular formula is C49H30N4S. The summed E-state index contributed by atoms with van der Waals surface area (Å²) in [5.74, 6) is 1.98. The van der Waals surface area contributed by atoms with E-state index in [9.17, 15) is 0 Å². The molecule has 5 heteroatoms. The van der Waals surface area contributed by atoms with Crippen molar-refractivity contribution < 1.29 is 0 Å². The molecule has 0 spiro atoms. The Balaban J connectivity index is 1.19. The summed E-state index contributed by atoms with van der Waals surface area (Å²) in [6, 6.07) is 64.4. The molecule has 0 aliphatic heterocycles. The Morgan fingerprint density at radius 2 is 0.870 bits per heavy atom. The fraction of sp³-hybridized carbons (Fsp3) is 0. The van der Waals surface area contributed by atoms with Crippen molar-refractivity contribution in [1.82, 2.24) is 19.5 Å². The van der Waals surface area contributed by atoms with Gasteiger partial charge in [-0.05, 0) is 46.2 Å². The number of benzene rings is 8. The number of thiophene rings is 1. The van der Waals surface area contributed by atoms with E-state index in [0.717, 1.165) is 27.1 Å². The molecule has 0 atom stereocenters. The predicted molar refractivity (Wildman–Crippen MR) is 226 cm³/mol. The number of hydrogen-bond donors (Lipinski definition) is 0. The fourth-order valence-corrected chi connectivity index (χ4v) is 9.35. The smallest absolute Gasteiger partial charge is 0.165 e. The van der Waals surface area contributed by atoms with Crippen LogP contribution in [0.5, 0.6) is 0 Å². The molecule has 0 saturated carbocycles. The first-order valence-corrected chi connectivity index (χ1v) is 18.9. The second-order valence-corrected chi connectivity index (χ2v) is 14.6. The topological polar surface area (TPSA) is 43.6 Å². The van der Waals surface area contributed by atoms with E-state index in [1.54, 1.807) is 0 Å². The van der Waals surface area contributed by atoms with Crippen molar-refractivity contribution in [2.45, 2.75) is 0 Å². The first kappa shape index (κ1) is 30.7. The molecule has 3 heterocycles. The summed E-state index contributed by atoms with van der Waals surface area (Å²) in [6.07, 6.45) is 0. The standard InChI is InChI=1S/C49H30N4S/c1-4-16-31(17-5-1)40-30-43-44(35-23-11-10-22-34(35)40)38-24-12-13-28-41(38)53(43)42-29-15-26-37-36-25-14-27-39(45(36)54-46(37)42)49-51-47(32-18-6-2-7-19-32)50-48(52-49)33-20-8-3-9-21-33/h1-30H. The first-order chi connectivity index (χ1) is 26.8. The summed E-state index contributed by atoms with van der Waals surface area (Å²) in [5.41, 5.74) is 8.88. The molecule has 3 aromatic heterocycles. The highest BCUT2D eigenvalue weighted by Crippen LogP contribution is 2.46. The molecule has 11 aromatic rings. The van der Waals surface area contributed by atoms with Crippen molar-refractivity contribution in [2.24, 2.45) is 0 Å². The average molecular weight is 707 g/mol. The van der Waals surface area contributed by atoms with Crippen LogP contribution >= 0.6 is 11.3 Å². The van der Waals surface area contributed by atoms with E-state index in [1.807, 2.05) is 47.7 Å². The maximum absolute atomic E-state index is 5.12. The normalized spacial score (nSPS) is 11.7. The highest BCUT2D eigenvalue weighted by molar-refractivity contribution is 7.26. The summed E-state index contributed by atoms with van der Waals surface area (Å²) < 4.78 is 4.85. The zero-order valence-electron chi connectivity index (χ0n) is 29.0. The van der Waals surface area contributed by atoms with Crippen LogP contribution in [0.25, 0.3) is 104 Å². The summed E-state index contributed by atoms with van der Waals surface area (Å²) in [7, 11) is 0. The maximum Gasteiger partial charge on any atom is 0.165 e. The van der Waals surface area contributed by atoms with Gasteiger partial charge in [0.25, 0.3) is 0 Å². The van der Waals surface area contributed by atoms with Crippen LogP contribution in [-0.4, -0.2) is 19.5 Å². The average Bonchev–Trinajstić information content (AvgIpc) is 3.80. The van der Waals surface area contributed by atoms with Gasteiger partial charge in [0.15, 0.2) is 17.5 Å². The summed E-state index contributed by atoms with van der Waals surface area (Å²) in [6.45, 7) is 0. The predicted octanol–water partition coefficient (Wildman–Crippen LogP) is 13.2. The highest BCUT2D eigenvalue weighted by Gasteiger charge is 2.22. The van der Waals surface area contributed by atoms with Gasteiger partial charge in [0.1, 0.15) is 0 Å². The van der Waals surface area contributed by atoms with Gasteiger partial charge in [0.05, 0.1) is 21.4 Å². The third-order valence-electron chi connectivity index (χ3n) is 10.4. The van der Waals surface area contributed by atoms with E-state index in [4.69, 9.17) is 15.0 Å². The minimum absolute atomic E-state index is 0.657. The number of fused-ring (bicyclic) bond motifs is 8. The van der Waals surface area contributed by atoms with Crippen LogP contribution in [0.3, 0.4) is 0 Å². The number of para-hydroxylation sites is 1. The fourth-order valence-electron chi connectivity index (χ4n) is 8.03. The van der Waals surface area contributed by atoms with E-state index in [0.29, 0.717) is 17.5 Å². The third kappa shape index (κ3) is 4.79. The number of hydrogen-bond acceptors (Lipinski definition) is 4. The van der Waals surface area contributed by atoms with Crippen molar-refractivity contribution >= 4 is 64.1 Å². The Bertz CT molecular complexity index is 3140. The molecule has 0 bridgehead atoms. The Kier molecular flexibility index (Phi) is 7.00. The van der Waals surface area contributed by atoms with E-state index >= 15 is 0 Å². The lowest BCUT2D eigenvalue weighted by atomic mass is 9.95. The third-order valence-corrected chi connectivity index (χ3v) is 11.7. The van der Waals surface area contributed by atoms with Crippen LogP contribution in [-0.2, 0) is 0 Å². The minimum Gasteiger partial charge on any atom is -0.308 e. The number of nitrogens with zero attached hydrogens (tertiary/aromatic N) is 4. The lowest BCUT2D eigenvalue weighted by molar-refractivity contribution is 1.08. The van der Waals surface area contributed by atoms with Gasteiger partial charge in [-0.2, -0.15) is 0 Å². The van der Waals surface area contributed by atoms with Gasteiger partial charge in [-0.1, -0.05) is 158 Å². The van der Waals surface area contributed by atoms with Gasteiger partial charge in [-0.3, -0.25) is 0 Å². The molecule has 0 aliphatic rings. The van der Waals surface area contributed by atoms with Crippen LogP contribution in [0.4, 0.5) is 0 Å². The van der Waals surface area contributed by atoms with Crippen molar-refractivity contribution in [3.05, 3.63) is 182 Å². The Labute approximate surface area is 315 Å². The molecular weight excluding hydrogens is 677 g/mol. The van der Waals surface area contributed by atoms with Gasteiger partial charge >= 0.3 is 0 Å². The number of rotatable bonds is 5. The lowest BCUT2D eigenvalue weighted by Gasteiger charge is -2.13. The van der Waals surface area contributed by atoms with E-state index in [1.165, 1.54) is 59.2 Å². The number of aromatic nitrogens is 4. The Morgan fingerprint density at radius 1 is 0.352 bits per heavy atom. The van der Waals surface area contributed by atoms with E-state index in [-0.39, 0.29) is 0 Å². The molecule has 4 nitrogen and oxygen atoms in total. The van der Waals surface area contributed by atoms with Crippen molar-refractivity contribution in [3.63, 3.8) is 0 Å². The van der Waals surface area contributed by atoms with Crippen molar-refractivity contribution in [2.75, 3.05) is 0 Å². The van der Waals surface area contributed by atoms with Crippen LogP contribution in [0, 0.1) is 0 Å². The first-order valence-electron chi connectivity index (χ1n) is 18.1. The zero-order chi connectivity index (χ0) is 35.6. The Hall–Kier alpha value is -6.95. The van der Waals surface area contributed by atoms with Gasteiger partial charge < -0.3 is 4.57 Å². The zero-order valence-corrected chi connectivity index (χ0v) is 29.8. The molecule has 0 fully saturated rings.